The fourth-order valence-electron chi connectivity index (χ4n) is 3.65. The van der Waals surface area contributed by atoms with Crippen LogP contribution in [0.15, 0.2) is 70.0 Å². The molecule has 1 atom stereocenters. The van der Waals surface area contributed by atoms with Crippen LogP contribution < -0.4 is 10.3 Å². The number of anilines is 1. The number of carbonyl (C=O) groups is 1. The van der Waals surface area contributed by atoms with E-state index in [2.05, 4.69) is 4.98 Å². The van der Waals surface area contributed by atoms with Crippen LogP contribution in [0.5, 0.6) is 0 Å². The third kappa shape index (κ3) is 2.88. The molecule has 2 aromatic heterocycles. The second kappa shape index (κ2) is 6.93. The zero-order valence-electron chi connectivity index (χ0n) is 15.1. The molecule has 148 valence electrons. The van der Waals surface area contributed by atoms with Crippen LogP contribution in [0.1, 0.15) is 27.7 Å². The van der Waals surface area contributed by atoms with Crippen LogP contribution in [0.2, 0.25) is 10.0 Å². The van der Waals surface area contributed by atoms with Crippen molar-refractivity contribution in [2.45, 2.75) is 6.04 Å². The van der Waals surface area contributed by atoms with Crippen LogP contribution in [0.25, 0.3) is 11.0 Å². The Morgan fingerprint density at radius 2 is 1.70 bits per heavy atom. The van der Waals surface area contributed by atoms with Crippen LogP contribution in [0, 0.1) is 5.82 Å². The van der Waals surface area contributed by atoms with Gasteiger partial charge in [0.15, 0.2) is 5.43 Å². The molecule has 0 N–H and O–H groups in total. The Kier molecular flexibility index (Phi) is 4.34. The van der Waals surface area contributed by atoms with E-state index in [1.54, 1.807) is 36.4 Å². The number of halogens is 3. The largest absolute Gasteiger partial charge is 0.450 e. The molecule has 1 unspecified atom stereocenters. The third-order valence-corrected chi connectivity index (χ3v) is 5.45. The summed E-state index contributed by atoms with van der Waals surface area (Å²) in [4.78, 5) is 32.3. The molecule has 1 amide bonds. The first-order valence-electron chi connectivity index (χ1n) is 8.91. The quantitative estimate of drug-likeness (QED) is 0.419. The molecule has 8 heteroatoms. The van der Waals surface area contributed by atoms with Gasteiger partial charge in [0, 0.05) is 11.2 Å². The highest BCUT2D eigenvalue weighted by atomic mass is 35.5. The van der Waals surface area contributed by atoms with Crippen LogP contribution in [-0.2, 0) is 0 Å². The van der Waals surface area contributed by atoms with Gasteiger partial charge in [0.1, 0.15) is 17.2 Å². The molecule has 30 heavy (non-hydrogen) atoms. The van der Waals surface area contributed by atoms with E-state index in [1.807, 2.05) is 0 Å². The number of rotatable bonds is 2. The van der Waals surface area contributed by atoms with E-state index in [9.17, 15) is 14.0 Å². The summed E-state index contributed by atoms with van der Waals surface area (Å²) >= 11 is 12.0. The third-order valence-electron chi connectivity index (χ3n) is 4.98. The normalized spacial score (nSPS) is 15.6. The SMILES string of the molecule is O=C1c2oc3ccc(F)cc3c(=O)c2C(c2ccc(Cl)cc2)N1c1ccc(Cl)cn1. The number of fused-ring (bicyclic) bond motifs is 2. The lowest BCUT2D eigenvalue weighted by Crippen LogP contribution is -2.30. The Balaban J connectivity index is 1.81. The Labute approximate surface area is 179 Å². The van der Waals surface area contributed by atoms with Crippen LogP contribution in [0.3, 0.4) is 0 Å². The number of carbonyl (C=O) groups excluding carboxylic acids is 1. The molecule has 1 aliphatic heterocycles. The summed E-state index contributed by atoms with van der Waals surface area (Å²) in [6, 6.07) is 12.7. The van der Waals surface area contributed by atoms with Gasteiger partial charge in [-0.3, -0.25) is 14.5 Å². The summed E-state index contributed by atoms with van der Waals surface area (Å²) < 4.78 is 19.6. The summed E-state index contributed by atoms with van der Waals surface area (Å²) in [7, 11) is 0. The molecule has 4 aromatic rings. The van der Waals surface area contributed by atoms with E-state index in [1.165, 1.54) is 23.2 Å². The van der Waals surface area contributed by atoms with Gasteiger partial charge < -0.3 is 4.42 Å². The number of hydrogen-bond acceptors (Lipinski definition) is 4. The summed E-state index contributed by atoms with van der Waals surface area (Å²) in [5.41, 5.74) is 0.410. The number of hydrogen-bond donors (Lipinski definition) is 0. The highest BCUT2D eigenvalue weighted by Crippen LogP contribution is 2.40. The predicted octanol–water partition coefficient (Wildman–Crippen LogP) is 5.38. The van der Waals surface area contributed by atoms with E-state index in [-0.39, 0.29) is 22.3 Å². The van der Waals surface area contributed by atoms with Crippen LogP contribution in [-0.4, -0.2) is 10.9 Å². The maximum absolute atomic E-state index is 13.8. The molecule has 0 saturated carbocycles. The van der Waals surface area contributed by atoms with E-state index < -0.39 is 23.2 Å². The number of nitrogens with zero attached hydrogens (tertiary/aromatic N) is 2. The Bertz CT molecular complexity index is 1370. The first-order valence-corrected chi connectivity index (χ1v) is 9.66. The zero-order valence-corrected chi connectivity index (χ0v) is 16.6. The topological polar surface area (TPSA) is 63.4 Å². The van der Waals surface area contributed by atoms with Gasteiger partial charge in [0.25, 0.3) is 5.91 Å². The molecule has 5 rings (SSSR count). The lowest BCUT2D eigenvalue weighted by molar-refractivity contribution is 0.0970. The van der Waals surface area contributed by atoms with Gasteiger partial charge in [-0.15, -0.1) is 0 Å². The molecule has 5 nitrogen and oxygen atoms in total. The highest BCUT2D eigenvalue weighted by Gasteiger charge is 2.44. The number of pyridine rings is 1. The Morgan fingerprint density at radius 1 is 0.967 bits per heavy atom. The Hall–Kier alpha value is -3.22. The molecule has 0 bridgehead atoms. The highest BCUT2D eigenvalue weighted by molar-refractivity contribution is 6.30. The van der Waals surface area contributed by atoms with Gasteiger partial charge in [-0.05, 0) is 48.0 Å². The van der Waals surface area contributed by atoms with E-state index in [0.29, 0.717) is 21.4 Å². The molecular weight excluding hydrogens is 430 g/mol. The van der Waals surface area contributed by atoms with Crippen LogP contribution >= 0.6 is 23.2 Å². The van der Waals surface area contributed by atoms with E-state index in [0.717, 1.165) is 6.07 Å². The molecule has 0 radical (unpaired) electrons. The first-order chi connectivity index (χ1) is 14.4. The zero-order chi connectivity index (χ0) is 21.0. The van der Waals surface area contributed by atoms with Gasteiger partial charge in [-0.25, -0.2) is 9.37 Å². The average Bonchev–Trinajstić information content (AvgIpc) is 3.03. The predicted molar refractivity (Wildman–Crippen MR) is 112 cm³/mol. The van der Waals surface area contributed by atoms with Gasteiger partial charge in [-0.2, -0.15) is 0 Å². The van der Waals surface area contributed by atoms with Gasteiger partial charge in [0.2, 0.25) is 5.76 Å². The van der Waals surface area contributed by atoms with Crippen molar-refractivity contribution in [3.63, 3.8) is 0 Å². The van der Waals surface area contributed by atoms with Gasteiger partial charge in [-0.1, -0.05) is 35.3 Å². The minimum Gasteiger partial charge on any atom is -0.450 e. The van der Waals surface area contributed by atoms with Gasteiger partial charge in [0.05, 0.1) is 22.0 Å². The average molecular weight is 441 g/mol. The molecule has 1 aliphatic rings. The maximum atomic E-state index is 13.8. The van der Waals surface area contributed by atoms with E-state index >= 15 is 0 Å². The number of benzene rings is 2. The number of aromatic nitrogens is 1. The summed E-state index contributed by atoms with van der Waals surface area (Å²) in [6.07, 6.45) is 1.41. The monoisotopic (exact) mass is 440 g/mol. The molecule has 3 heterocycles. The molecule has 0 saturated heterocycles. The van der Waals surface area contributed by atoms with Crippen molar-refractivity contribution >= 4 is 45.9 Å². The van der Waals surface area contributed by atoms with Crippen molar-refractivity contribution in [1.29, 1.82) is 0 Å². The van der Waals surface area contributed by atoms with Crippen molar-refractivity contribution in [2.75, 3.05) is 4.90 Å². The fourth-order valence-corrected chi connectivity index (χ4v) is 3.89. The van der Waals surface area contributed by atoms with Crippen LogP contribution in [0.4, 0.5) is 10.2 Å². The summed E-state index contributed by atoms with van der Waals surface area (Å²) in [5.74, 6) is -0.900. The second-order valence-corrected chi connectivity index (χ2v) is 7.65. The molecular formula is C22H11Cl2FN2O3. The smallest absolute Gasteiger partial charge is 0.296 e. The minimum atomic E-state index is -0.817. The van der Waals surface area contributed by atoms with Gasteiger partial charge >= 0.3 is 0 Å². The molecule has 0 spiro atoms. The summed E-state index contributed by atoms with van der Waals surface area (Å²) in [5, 5.41) is 0.972. The first kappa shape index (κ1) is 18.8. The van der Waals surface area contributed by atoms with Crippen molar-refractivity contribution in [3.05, 3.63) is 104 Å². The molecule has 0 aliphatic carbocycles. The molecule has 0 fully saturated rings. The maximum Gasteiger partial charge on any atom is 0.296 e. The Morgan fingerprint density at radius 3 is 2.40 bits per heavy atom. The number of amides is 1. The fraction of sp³-hybridized carbons (Fsp3) is 0.0455. The lowest BCUT2D eigenvalue weighted by atomic mass is 9.98. The van der Waals surface area contributed by atoms with Crippen molar-refractivity contribution in [2.24, 2.45) is 0 Å². The standard InChI is InChI=1S/C22H11Cl2FN2O3/c23-12-3-1-11(2-4-12)19-18-20(28)15-9-14(25)6-7-16(15)30-21(18)22(29)27(19)17-8-5-13(24)10-26-17/h1-10,19H. The lowest BCUT2D eigenvalue weighted by Gasteiger charge is -2.24. The van der Waals surface area contributed by atoms with Crippen molar-refractivity contribution in [1.82, 2.24) is 4.98 Å². The van der Waals surface area contributed by atoms with Crippen molar-refractivity contribution < 1.29 is 13.6 Å². The summed E-state index contributed by atoms with van der Waals surface area (Å²) in [6.45, 7) is 0. The minimum absolute atomic E-state index is 0.0615. The second-order valence-electron chi connectivity index (χ2n) is 6.78. The molecule has 2 aromatic carbocycles. The van der Waals surface area contributed by atoms with E-state index in [4.69, 9.17) is 27.6 Å². The van der Waals surface area contributed by atoms with Crippen molar-refractivity contribution in [3.8, 4) is 0 Å².